The van der Waals surface area contributed by atoms with Crippen LogP contribution in [0.15, 0.2) is 42.5 Å². The number of hydrogen-bond acceptors (Lipinski definition) is 3. The van der Waals surface area contributed by atoms with Crippen LogP contribution in [-0.4, -0.2) is 11.7 Å². The van der Waals surface area contributed by atoms with Gasteiger partial charge in [0.05, 0.1) is 17.7 Å². The van der Waals surface area contributed by atoms with Crippen molar-refractivity contribution in [1.82, 2.24) is 0 Å². The summed E-state index contributed by atoms with van der Waals surface area (Å²) in [5.74, 6) is 1.02. The third kappa shape index (κ3) is 2.47. The smallest absolute Gasteiger partial charge is 0.134 e. The number of phenols is 1. The van der Waals surface area contributed by atoms with Crippen molar-refractivity contribution in [2.24, 2.45) is 0 Å². The number of halogens is 1. The summed E-state index contributed by atoms with van der Waals surface area (Å²) in [5.41, 5.74) is 2.04. The Labute approximate surface area is 116 Å². The summed E-state index contributed by atoms with van der Waals surface area (Å²) in [6.07, 6.45) is 0.898. The van der Waals surface area contributed by atoms with Crippen LogP contribution in [0.4, 0.5) is 5.69 Å². The minimum Gasteiger partial charge on any atom is -0.506 e. The summed E-state index contributed by atoms with van der Waals surface area (Å²) in [4.78, 5) is 0. The van der Waals surface area contributed by atoms with E-state index in [1.807, 2.05) is 24.3 Å². The van der Waals surface area contributed by atoms with E-state index in [-0.39, 0.29) is 11.8 Å². The van der Waals surface area contributed by atoms with Crippen molar-refractivity contribution < 1.29 is 9.84 Å². The van der Waals surface area contributed by atoms with Crippen LogP contribution in [0.3, 0.4) is 0 Å². The van der Waals surface area contributed by atoms with Gasteiger partial charge in [0.15, 0.2) is 0 Å². The second-order valence-corrected chi connectivity index (χ2v) is 4.95. The van der Waals surface area contributed by atoms with Crippen LogP contribution in [0.2, 0.25) is 5.02 Å². The van der Waals surface area contributed by atoms with Gasteiger partial charge in [-0.05, 0) is 24.3 Å². The average molecular weight is 276 g/mol. The molecule has 1 heterocycles. The standard InChI is InChI=1S/C15H14ClNO2/c16-12-9-10(5-6-14(12)18)17-13-7-8-19-15-4-2-1-3-11(13)15/h1-6,9,13,17-18H,7-8H2. The van der Waals surface area contributed by atoms with Gasteiger partial charge in [-0.25, -0.2) is 0 Å². The first-order valence-corrected chi connectivity index (χ1v) is 6.58. The summed E-state index contributed by atoms with van der Waals surface area (Å²) < 4.78 is 5.63. The van der Waals surface area contributed by atoms with Gasteiger partial charge in [-0.1, -0.05) is 29.8 Å². The Morgan fingerprint density at radius 3 is 2.89 bits per heavy atom. The van der Waals surface area contributed by atoms with Crippen LogP contribution in [0, 0.1) is 0 Å². The van der Waals surface area contributed by atoms with E-state index in [0.717, 1.165) is 23.4 Å². The molecule has 3 rings (SSSR count). The van der Waals surface area contributed by atoms with E-state index >= 15 is 0 Å². The van der Waals surface area contributed by atoms with Crippen LogP contribution < -0.4 is 10.1 Å². The van der Waals surface area contributed by atoms with Crippen molar-refractivity contribution >= 4 is 17.3 Å². The fourth-order valence-corrected chi connectivity index (χ4v) is 2.47. The van der Waals surface area contributed by atoms with Crippen molar-refractivity contribution in [2.45, 2.75) is 12.5 Å². The Kier molecular flexibility index (Phi) is 3.22. The lowest BCUT2D eigenvalue weighted by atomic mass is 10.0. The van der Waals surface area contributed by atoms with E-state index in [2.05, 4.69) is 11.4 Å². The Bertz CT molecular complexity index is 600. The van der Waals surface area contributed by atoms with Crippen molar-refractivity contribution in [3.05, 3.63) is 53.1 Å². The first kappa shape index (κ1) is 12.2. The molecule has 2 aromatic carbocycles. The molecule has 2 aromatic rings. The van der Waals surface area contributed by atoms with Crippen LogP contribution in [0.5, 0.6) is 11.5 Å². The van der Waals surface area contributed by atoms with E-state index in [1.165, 1.54) is 0 Å². The summed E-state index contributed by atoms with van der Waals surface area (Å²) in [5, 5.41) is 13.2. The largest absolute Gasteiger partial charge is 0.506 e. The number of para-hydroxylation sites is 1. The summed E-state index contributed by atoms with van der Waals surface area (Å²) in [7, 11) is 0. The lowest BCUT2D eigenvalue weighted by Crippen LogP contribution is -2.20. The molecule has 1 aliphatic heterocycles. The molecule has 0 saturated carbocycles. The zero-order valence-electron chi connectivity index (χ0n) is 10.3. The number of benzene rings is 2. The van der Waals surface area contributed by atoms with E-state index < -0.39 is 0 Å². The quantitative estimate of drug-likeness (QED) is 0.815. The topological polar surface area (TPSA) is 41.5 Å². The molecule has 3 nitrogen and oxygen atoms in total. The number of phenolic OH excluding ortho intramolecular Hbond substituents is 1. The van der Waals surface area contributed by atoms with Gasteiger partial charge in [-0.15, -0.1) is 0 Å². The van der Waals surface area contributed by atoms with Gasteiger partial charge >= 0.3 is 0 Å². The van der Waals surface area contributed by atoms with Gasteiger partial charge < -0.3 is 15.2 Å². The predicted molar refractivity (Wildman–Crippen MR) is 76.0 cm³/mol. The third-order valence-electron chi connectivity index (χ3n) is 3.25. The average Bonchev–Trinajstić information content (AvgIpc) is 2.43. The minimum atomic E-state index is 0.0968. The Morgan fingerprint density at radius 2 is 2.05 bits per heavy atom. The van der Waals surface area contributed by atoms with Gasteiger partial charge in [0.25, 0.3) is 0 Å². The Balaban J connectivity index is 1.86. The van der Waals surface area contributed by atoms with Crippen LogP contribution in [0.25, 0.3) is 0 Å². The summed E-state index contributed by atoms with van der Waals surface area (Å²) in [6.45, 7) is 0.695. The number of aromatic hydroxyl groups is 1. The second kappa shape index (κ2) is 5.02. The number of rotatable bonds is 2. The maximum absolute atomic E-state index is 9.43. The highest BCUT2D eigenvalue weighted by atomic mass is 35.5. The highest BCUT2D eigenvalue weighted by Crippen LogP contribution is 2.35. The van der Waals surface area contributed by atoms with Crippen molar-refractivity contribution in [3.63, 3.8) is 0 Å². The van der Waals surface area contributed by atoms with Crippen molar-refractivity contribution in [1.29, 1.82) is 0 Å². The fourth-order valence-electron chi connectivity index (χ4n) is 2.29. The zero-order chi connectivity index (χ0) is 13.2. The number of fused-ring (bicyclic) bond motifs is 1. The molecule has 4 heteroatoms. The van der Waals surface area contributed by atoms with Gasteiger partial charge in [-0.2, -0.15) is 0 Å². The first-order chi connectivity index (χ1) is 9.24. The highest BCUT2D eigenvalue weighted by Gasteiger charge is 2.20. The van der Waals surface area contributed by atoms with Crippen molar-refractivity contribution in [3.8, 4) is 11.5 Å². The lowest BCUT2D eigenvalue weighted by molar-refractivity contribution is 0.274. The molecule has 1 atom stereocenters. The molecule has 19 heavy (non-hydrogen) atoms. The number of anilines is 1. The molecule has 0 radical (unpaired) electrons. The predicted octanol–water partition coefficient (Wildman–Crippen LogP) is 3.98. The summed E-state index contributed by atoms with van der Waals surface area (Å²) >= 11 is 5.92. The Morgan fingerprint density at radius 1 is 1.21 bits per heavy atom. The van der Waals surface area contributed by atoms with E-state index in [0.29, 0.717) is 11.6 Å². The van der Waals surface area contributed by atoms with Gasteiger partial charge in [0.2, 0.25) is 0 Å². The van der Waals surface area contributed by atoms with Crippen LogP contribution >= 0.6 is 11.6 Å². The maximum Gasteiger partial charge on any atom is 0.134 e. The van der Waals surface area contributed by atoms with E-state index in [4.69, 9.17) is 16.3 Å². The normalized spacial score (nSPS) is 17.4. The second-order valence-electron chi connectivity index (χ2n) is 4.54. The number of ether oxygens (including phenoxy) is 1. The fraction of sp³-hybridized carbons (Fsp3) is 0.200. The SMILES string of the molecule is Oc1ccc(NC2CCOc3ccccc32)cc1Cl. The molecule has 1 aliphatic rings. The van der Waals surface area contributed by atoms with Gasteiger partial charge in [0.1, 0.15) is 11.5 Å². The molecule has 2 N–H and O–H groups in total. The first-order valence-electron chi connectivity index (χ1n) is 6.21. The van der Waals surface area contributed by atoms with E-state index in [9.17, 15) is 5.11 Å². The molecule has 0 aliphatic carbocycles. The van der Waals surface area contributed by atoms with Crippen LogP contribution in [-0.2, 0) is 0 Å². The highest BCUT2D eigenvalue weighted by molar-refractivity contribution is 6.32. The molecule has 0 bridgehead atoms. The molecule has 1 unspecified atom stereocenters. The molecule has 0 saturated heterocycles. The van der Waals surface area contributed by atoms with E-state index in [1.54, 1.807) is 12.1 Å². The van der Waals surface area contributed by atoms with Crippen molar-refractivity contribution in [2.75, 3.05) is 11.9 Å². The molecule has 98 valence electrons. The third-order valence-corrected chi connectivity index (χ3v) is 3.55. The van der Waals surface area contributed by atoms with Gasteiger partial charge in [0, 0.05) is 17.7 Å². The lowest BCUT2D eigenvalue weighted by Gasteiger charge is -2.27. The van der Waals surface area contributed by atoms with Crippen LogP contribution in [0.1, 0.15) is 18.0 Å². The molecule has 0 amide bonds. The molecular formula is C15H14ClNO2. The molecular weight excluding hydrogens is 262 g/mol. The number of hydrogen-bond donors (Lipinski definition) is 2. The zero-order valence-corrected chi connectivity index (χ0v) is 11.0. The maximum atomic E-state index is 9.43. The molecule has 0 spiro atoms. The van der Waals surface area contributed by atoms with Gasteiger partial charge in [-0.3, -0.25) is 0 Å². The molecule has 0 aromatic heterocycles. The Hall–Kier alpha value is -1.87. The number of nitrogens with one attached hydrogen (secondary N) is 1. The summed E-state index contributed by atoms with van der Waals surface area (Å²) in [6, 6.07) is 13.4. The minimum absolute atomic E-state index is 0.0968. The molecule has 0 fully saturated rings. The monoisotopic (exact) mass is 275 g/mol.